The van der Waals surface area contributed by atoms with Crippen molar-refractivity contribution >= 4 is 11.7 Å². The number of nitrogens with one attached hydrogen (secondary N) is 1. The molecule has 0 saturated carbocycles. The Balaban J connectivity index is 2.37. The Kier molecular flexibility index (Phi) is 9.68. The molecular formula is C30H43NO4. The van der Waals surface area contributed by atoms with Gasteiger partial charge in [-0.1, -0.05) is 58.9 Å². The second-order valence-electron chi connectivity index (χ2n) is 10.1. The lowest BCUT2D eigenvalue weighted by molar-refractivity contribution is -0.116. The lowest BCUT2D eigenvalue weighted by Crippen LogP contribution is -2.40. The summed E-state index contributed by atoms with van der Waals surface area (Å²) in [4.78, 5) is 23.8. The molecule has 2 N–H and O–H groups in total. The normalized spacial score (nSPS) is 13.4. The van der Waals surface area contributed by atoms with Crippen LogP contribution in [0.5, 0.6) is 5.75 Å². The maximum Gasteiger partial charge on any atom is 0.251 e. The number of amides is 1. The highest BCUT2D eigenvalue weighted by atomic mass is 16.5. The minimum Gasteiger partial charge on any atom is -0.490 e. The van der Waals surface area contributed by atoms with Crippen LogP contribution < -0.4 is 10.1 Å². The number of Topliss-reactive ketones (excluding diaryl/α,β-unsaturated/α-hetero) is 1. The molecule has 0 heterocycles. The van der Waals surface area contributed by atoms with E-state index in [1.54, 1.807) is 0 Å². The van der Waals surface area contributed by atoms with Crippen LogP contribution in [-0.4, -0.2) is 35.5 Å². The maximum atomic E-state index is 12.5. The lowest BCUT2D eigenvalue weighted by Gasteiger charge is -2.35. The van der Waals surface area contributed by atoms with Crippen LogP contribution in [0.3, 0.4) is 0 Å². The van der Waals surface area contributed by atoms with E-state index in [4.69, 9.17) is 4.74 Å². The number of hydrogen-bond donors (Lipinski definition) is 2. The molecule has 5 heteroatoms. The number of carbonyl (C=O) groups excluding carboxylic acids is 2. The van der Waals surface area contributed by atoms with Gasteiger partial charge in [0.05, 0.1) is 6.54 Å². The molecule has 0 bridgehead atoms. The van der Waals surface area contributed by atoms with Crippen LogP contribution in [0.2, 0.25) is 0 Å². The summed E-state index contributed by atoms with van der Waals surface area (Å²) in [5, 5.41) is 13.5. The fraction of sp³-hybridized carbons (Fsp3) is 0.533. The average molecular weight is 482 g/mol. The molecule has 0 fully saturated rings. The quantitative estimate of drug-likeness (QED) is 0.395. The largest absolute Gasteiger partial charge is 0.490 e. The van der Waals surface area contributed by atoms with Gasteiger partial charge in [-0.3, -0.25) is 9.59 Å². The van der Waals surface area contributed by atoms with Gasteiger partial charge in [0.2, 0.25) is 0 Å². The second kappa shape index (κ2) is 11.9. The SMILES string of the molecule is CCC(CC)(c1ccc(OCC(O)(CC)C(C)C)c(C)c1)c1ccc(C(=O)NCC(C)=O)c(C)c1. The van der Waals surface area contributed by atoms with Crippen molar-refractivity contribution in [1.82, 2.24) is 5.32 Å². The zero-order chi connectivity index (χ0) is 26.4. The molecular weight excluding hydrogens is 438 g/mol. The first-order valence-electron chi connectivity index (χ1n) is 12.8. The van der Waals surface area contributed by atoms with Gasteiger partial charge in [-0.25, -0.2) is 0 Å². The number of rotatable bonds is 12. The summed E-state index contributed by atoms with van der Waals surface area (Å²) >= 11 is 0. The highest BCUT2D eigenvalue weighted by Crippen LogP contribution is 2.41. The van der Waals surface area contributed by atoms with Gasteiger partial charge in [-0.05, 0) is 80.3 Å². The van der Waals surface area contributed by atoms with Gasteiger partial charge in [-0.2, -0.15) is 0 Å². The van der Waals surface area contributed by atoms with Crippen molar-refractivity contribution < 1.29 is 19.4 Å². The molecule has 0 spiro atoms. The Morgan fingerprint density at radius 1 is 0.943 bits per heavy atom. The highest BCUT2D eigenvalue weighted by molar-refractivity contribution is 5.97. The summed E-state index contributed by atoms with van der Waals surface area (Å²) in [6.45, 7) is 16.1. The molecule has 1 amide bonds. The summed E-state index contributed by atoms with van der Waals surface area (Å²) < 4.78 is 6.08. The van der Waals surface area contributed by atoms with E-state index in [-0.39, 0.29) is 36.2 Å². The number of benzene rings is 2. The van der Waals surface area contributed by atoms with E-state index >= 15 is 0 Å². The van der Waals surface area contributed by atoms with E-state index in [0.717, 1.165) is 35.3 Å². The van der Waals surface area contributed by atoms with E-state index in [1.165, 1.54) is 12.5 Å². The number of carbonyl (C=O) groups is 2. The monoisotopic (exact) mass is 481 g/mol. The lowest BCUT2D eigenvalue weighted by atomic mass is 9.70. The van der Waals surface area contributed by atoms with Crippen molar-refractivity contribution in [2.75, 3.05) is 13.2 Å². The van der Waals surface area contributed by atoms with Gasteiger partial charge < -0.3 is 15.2 Å². The molecule has 35 heavy (non-hydrogen) atoms. The van der Waals surface area contributed by atoms with Crippen molar-refractivity contribution in [2.24, 2.45) is 5.92 Å². The summed E-state index contributed by atoms with van der Waals surface area (Å²) in [7, 11) is 0. The van der Waals surface area contributed by atoms with Gasteiger partial charge in [0.15, 0.2) is 0 Å². The number of ketones is 1. The van der Waals surface area contributed by atoms with Crippen LogP contribution in [0.4, 0.5) is 0 Å². The molecule has 0 saturated heterocycles. The molecule has 1 atom stereocenters. The molecule has 0 aromatic heterocycles. The molecule has 1 unspecified atom stereocenters. The first kappa shape index (κ1) is 28.6. The second-order valence-corrected chi connectivity index (χ2v) is 10.1. The minimum atomic E-state index is -0.850. The summed E-state index contributed by atoms with van der Waals surface area (Å²) in [6, 6.07) is 12.3. The fourth-order valence-corrected chi connectivity index (χ4v) is 4.74. The van der Waals surface area contributed by atoms with E-state index < -0.39 is 5.60 Å². The predicted octanol–water partition coefficient (Wildman–Crippen LogP) is 5.90. The van der Waals surface area contributed by atoms with Crippen molar-refractivity contribution in [3.8, 4) is 5.75 Å². The Labute approximate surface area is 211 Å². The minimum absolute atomic E-state index is 0.0361. The van der Waals surface area contributed by atoms with E-state index in [2.05, 4.69) is 37.4 Å². The van der Waals surface area contributed by atoms with Gasteiger partial charge in [0.25, 0.3) is 5.91 Å². The van der Waals surface area contributed by atoms with Gasteiger partial charge in [0.1, 0.15) is 23.7 Å². The topological polar surface area (TPSA) is 75.6 Å². The third-order valence-electron chi connectivity index (χ3n) is 7.62. The van der Waals surface area contributed by atoms with Gasteiger partial charge >= 0.3 is 0 Å². The Morgan fingerprint density at radius 2 is 1.51 bits per heavy atom. The van der Waals surface area contributed by atoms with Crippen molar-refractivity contribution in [3.05, 3.63) is 64.2 Å². The molecule has 0 aliphatic rings. The third kappa shape index (κ3) is 6.32. The Hall–Kier alpha value is -2.66. The number of aliphatic hydroxyl groups is 1. The summed E-state index contributed by atoms with van der Waals surface area (Å²) in [5.41, 5.74) is 3.82. The summed E-state index contributed by atoms with van der Waals surface area (Å²) in [6.07, 6.45) is 2.45. The van der Waals surface area contributed by atoms with Crippen molar-refractivity contribution in [3.63, 3.8) is 0 Å². The number of aryl methyl sites for hydroxylation is 2. The van der Waals surface area contributed by atoms with Crippen molar-refractivity contribution in [1.29, 1.82) is 0 Å². The van der Waals surface area contributed by atoms with Crippen LogP contribution in [0.25, 0.3) is 0 Å². The zero-order valence-corrected chi connectivity index (χ0v) is 22.7. The van der Waals surface area contributed by atoms with Crippen LogP contribution in [0, 0.1) is 19.8 Å². The first-order valence-corrected chi connectivity index (χ1v) is 12.8. The van der Waals surface area contributed by atoms with Crippen LogP contribution in [0.1, 0.15) is 93.4 Å². The maximum absolute atomic E-state index is 12.5. The molecule has 5 nitrogen and oxygen atoms in total. The number of ether oxygens (including phenoxy) is 1. The zero-order valence-electron chi connectivity index (χ0n) is 22.7. The Bertz CT molecular complexity index is 1040. The van der Waals surface area contributed by atoms with Crippen LogP contribution in [-0.2, 0) is 10.2 Å². The van der Waals surface area contributed by atoms with Crippen molar-refractivity contribution in [2.45, 2.75) is 85.7 Å². The standard InChI is InChI=1S/C30H43NO4/c1-9-29(10-2,24-12-14-26(21(6)16-24)28(33)31-18-23(8)32)25-13-15-27(22(7)17-25)35-19-30(34,11-3)20(4)5/h12-17,20,34H,9-11,18-19H2,1-8H3,(H,31,33). The van der Waals surface area contributed by atoms with E-state index in [9.17, 15) is 14.7 Å². The predicted molar refractivity (Wildman–Crippen MR) is 142 cm³/mol. The Morgan fingerprint density at radius 3 is 1.97 bits per heavy atom. The fourth-order valence-electron chi connectivity index (χ4n) is 4.74. The average Bonchev–Trinajstić information content (AvgIpc) is 2.82. The summed E-state index contributed by atoms with van der Waals surface area (Å²) in [5.74, 6) is 0.593. The molecule has 2 aromatic rings. The van der Waals surface area contributed by atoms with Crippen LogP contribution >= 0.6 is 0 Å². The molecule has 0 aliphatic carbocycles. The number of hydrogen-bond acceptors (Lipinski definition) is 4. The molecule has 2 aromatic carbocycles. The molecule has 192 valence electrons. The molecule has 2 rings (SSSR count). The van der Waals surface area contributed by atoms with E-state index in [1.807, 2.05) is 52.8 Å². The third-order valence-corrected chi connectivity index (χ3v) is 7.62. The highest BCUT2D eigenvalue weighted by Gasteiger charge is 2.33. The molecule has 0 radical (unpaired) electrons. The van der Waals surface area contributed by atoms with Crippen LogP contribution in [0.15, 0.2) is 36.4 Å². The van der Waals surface area contributed by atoms with Gasteiger partial charge in [0, 0.05) is 11.0 Å². The smallest absolute Gasteiger partial charge is 0.251 e. The van der Waals surface area contributed by atoms with E-state index in [0.29, 0.717) is 12.0 Å². The molecule has 0 aliphatic heterocycles. The first-order chi connectivity index (χ1) is 16.4. The van der Waals surface area contributed by atoms with Gasteiger partial charge in [-0.15, -0.1) is 0 Å².